The summed E-state index contributed by atoms with van der Waals surface area (Å²) in [5.41, 5.74) is 0. The molecule has 0 aliphatic rings. The molecule has 5 heteroatoms. The Morgan fingerprint density at radius 1 is 1.40 bits per heavy atom. The maximum atomic E-state index is 8.54. The number of hydrogen-bond donors (Lipinski definition) is 0. The zero-order valence-electron chi connectivity index (χ0n) is 4.02. The molecule has 5 heavy (non-hydrogen) atoms. The molecule has 0 aromatic rings. The fourth-order valence-corrected chi connectivity index (χ4v) is 0. The van der Waals surface area contributed by atoms with Gasteiger partial charge < -0.3 is 2.85 Å². The van der Waals surface area contributed by atoms with Gasteiger partial charge in [0.15, 0.2) is 0 Å². The van der Waals surface area contributed by atoms with E-state index in [4.69, 9.17) is 6.15 Å². The average molecular weight is 250 g/mol. The molecule has 0 fully saturated rings. The van der Waals surface area contributed by atoms with E-state index in [1.165, 1.54) is 0 Å². The standard InChI is InChI=1S/Ga.Mg.2O.Sn.5H/q;+2;;;;;;;2*-1. The maximum absolute atomic E-state index is 8.54. The van der Waals surface area contributed by atoms with E-state index >= 15 is 0 Å². The van der Waals surface area contributed by atoms with Crippen molar-refractivity contribution >= 4 is 64.0 Å². The van der Waals surface area contributed by atoms with E-state index in [9.17, 15) is 0 Å². The normalized spacial score (nSPS) is 1.60. The van der Waals surface area contributed by atoms with Gasteiger partial charge in [-0.1, -0.05) is 0 Å². The first-order valence-corrected chi connectivity index (χ1v) is 2.74. The van der Waals surface area contributed by atoms with Crippen LogP contribution in [0.15, 0.2) is 0 Å². The fraction of sp³-hybridized carbons (Fsp3) is 0. The van der Waals surface area contributed by atoms with Crippen molar-refractivity contribution in [1.82, 2.24) is 0 Å². The summed E-state index contributed by atoms with van der Waals surface area (Å²) in [5.74, 6) is 0. The van der Waals surface area contributed by atoms with Crippen molar-refractivity contribution in [3.8, 4) is 0 Å². The summed E-state index contributed by atoms with van der Waals surface area (Å²) in [7, 11) is 0. The first-order chi connectivity index (χ1) is 1.41. The van der Waals surface area contributed by atoms with Crippen molar-refractivity contribution in [2.24, 2.45) is 0 Å². The molecule has 0 saturated carbocycles. The fourth-order valence-electron chi connectivity index (χ4n) is 0. The van der Waals surface area contributed by atoms with Crippen LogP contribution < -0.4 is 0 Å². The van der Waals surface area contributed by atoms with Crippen LogP contribution in [0.2, 0.25) is 0 Å². The van der Waals surface area contributed by atoms with E-state index in [0.29, 0.717) is 0 Å². The predicted molar refractivity (Wildman–Crippen MR) is 25.0 cm³/mol. The van der Waals surface area contributed by atoms with Crippen LogP contribution >= 0.6 is 0 Å². The molecule has 0 aliphatic carbocycles. The molecule has 0 N–H and O–H groups in total. The Bertz CT molecular complexity index is 36.7. The van der Waals surface area contributed by atoms with Crippen LogP contribution in [0.3, 0.4) is 0 Å². The molecule has 0 radical (unpaired) electrons. The summed E-state index contributed by atoms with van der Waals surface area (Å²) >= 11 is -2.27. The molecule has 0 bridgehead atoms. The van der Waals surface area contributed by atoms with Gasteiger partial charge in [0.2, 0.25) is 0 Å². The van der Waals surface area contributed by atoms with Gasteiger partial charge in [-0.3, -0.25) is 0 Å². The third kappa shape index (κ3) is 25.8. The molecular formula is H5GaMgO2Sn. The number of rotatable bonds is 0. The molecule has 0 heterocycles. The molecule has 0 aromatic carbocycles. The van der Waals surface area contributed by atoms with Gasteiger partial charge in [0.05, 0.1) is 0 Å². The Kier molecular flexibility index (Phi) is 54.0. The minimum atomic E-state index is -2.27. The Morgan fingerprint density at radius 3 is 1.40 bits per heavy atom. The van der Waals surface area contributed by atoms with Crippen LogP contribution in [0.1, 0.15) is 2.85 Å². The molecule has 0 atom stereocenters. The second kappa shape index (κ2) is 17.0. The Morgan fingerprint density at radius 2 is 1.40 bits per heavy atom. The zero-order valence-corrected chi connectivity index (χ0v) is 6.29. The average Bonchev–Trinajstić information content (AvgIpc) is 0.918. The van der Waals surface area contributed by atoms with Crippen molar-refractivity contribution in [2.75, 3.05) is 0 Å². The predicted octanol–water partition coefficient (Wildman–Crippen LogP) is -1.96. The van der Waals surface area contributed by atoms with E-state index in [-0.39, 0.29) is 45.7 Å². The molecule has 2 nitrogen and oxygen atoms in total. The van der Waals surface area contributed by atoms with Crippen LogP contribution in [-0.2, 0) is 6.15 Å². The summed E-state index contributed by atoms with van der Waals surface area (Å²) < 4.78 is 17.1. The third-order valence-corrected chi connectivity index (χ3v) is 0. The molecule has 0 aliphatic heterocycles. The van der Waals surface area contributed by atoms with Crippen LogP contribution in [-0.4, -0.2) is 64.0 Å². The van der Waals surface area contributed by atoms with Gasteiger partial charge in [-0.25, -0.2) is 0 Å². The Labute approximate surface area is 72.2 Å². The molecular weight excluding hydrogens is 245 g/mol. The van der Waals surface area contributed by atoms with Gasteiger partial charge in [0.25, 0.3) is 0 Å². The topological polar surface area (TPSA) is 34.1 Å². The van der Waals surface area contributed by atoms with Crippen molar-refractivity contribution in [1.29, 1.82) is 0 Å². The van der Waals surface area contributed by atoms with Gasteiger partial charge in [-0.2, -0.15) is 0 Å². The third-order valence-electron chi connectivity index (χ3n) is 0. The summed E-state index contributed by atoms with van der Waals surface area (Å²) in [5, 5.41) is 0. The zero-order chi connectivity index (χ0) is 2.71. The second-order valence-electron chi connectivity index (χ2n) is 0.0833. The van der Waals surface area contributed by atoms with Crippen LogP contribution in [0.5, 0.6) is 0 Å². The Balaban J connectivity index is -0.00000000333. The molecule has 26 valence electrons. The van der Waals surface area contributed by atoms with Crippen LogP contribution in [0, 0.1) is 0 Å². The van der Waals surface area contributed by atoms with E-state index in [0.717, 1.165) is 0 Å². The van der Waals surface area contributed by atoms with Crippen molar-refractivity contribution in [3.63, 3.8) is 0 Å². The van der Waals surface area contributed by atoms with Gasteiger partial charge in [0, 0.05) is 0 Å². The van der Waals surface area contributed by atoms with E-state index in [1.807, 2.05) is 0 Å². The van der Waals surface area contributed by atoms with Crippen molar-refractivity contribution < 1.29 is 9.01 Å². The molecule has 0 saturated heterocycles. The van der Waals surface area contributed by atoms with Gasteiger partial charge in [0.1, 0.15) is 0 Å². The first-order valence-electron chi connectivity index (χ1n) is 0.408. The SMILES string of the molecule is [GaH3].[H-].[H-].[Mg+2].[O]=[Sn]=[O]. The summed E-state index contributed by atoms with van der Waals surface area (Å²) in [6.07, 6.45) is 0. The first kappa shape index (κ1) is 15.8. The minimum absolute atomic E-state index is 0. The molecule has 0 rings (SSSR count). The molecule has 0 amide bonds. The van der Waals surface area contributed by atoms with Crippen molar-refractivity contribution in [3.05, 3.63) is 0 Å². The van der Waals surface area contributed by atoms with Gasteiger partial charge >= 0.3 is 70.1 Å². The van der Waals surface area contributed by atoms with E-state index in [1.54, 1.807) is 0 Å². The van der Waals surface area contributed by atoms with E-state index in [2.05, 4.69) is 0 Å². The monoisotopic (exact) mass is 250 g/mol. The molecule has 0 aromatic heterocycles. The second-order valence-corrected chi connectivity index (χ2v) is 0.559. The van der Waals surface area contributed by atoms with Crippen LogP contribution in [0.4, 0.5) is 0 Å². The Hall–Kier alpha value is 1.80. The van der Waals surface area contributed by atoms with Gasteiger partial charge in [-0.15, -0.1) is 0 Å². The summed E-state index contributed by atoms with van der Waals surface area (Å²) in [6.45, 7) is 0. The van der Waals surface area contributed by atoms with Gasteiger partial charge in [-0.05, 0) is 0 Å². The molecule has 0 spiro atoms. The molecule has 0 unspecified atom stereocenters. The quantitative estimate of drug-likeness (QED) is 0.468. The number of hydrogen-bond acceptors (Lipinski definition) is 2. The van der Waals surface area contributed by atoms with E-state index < -0.39 is 21.1 Å². The summed E-state index contributed by atoms with van der Waals surface area (Å²) in [6, 6.07) is 0. The van der Waals surface area contributed by atoms with Crippen LogP contribution in [0.25, 0.3) is 0 Å². The van der Waals surface area contributed by atoms with Crippen molar-refractivity contribution in [2.45, 2.75) is 0 Å². The summed E-state index contributed by atoms with van der Waals surface area (Å²) in [4.78, 5) is 0.